The predicted octanol–water partition coefficient (Wildman–Crippen LogP) is 0.563. The molecular formula is C11H11N4O3. The van der Waals surface area contributed by atoms with Gasteiger partial charge >= 0.3 is 12.0 Å². The topological polar surface area (TPSA) is 87.3 Å². The highest BCUT2D eigenvalue weighted by atomic mass is 16.4. The molecule has 2 amide bonds. The van der Waals surface area contributed by atoms with Crippen LogP contribution in [0.4, 0.5) is 4.79 Å². The lowest BCUT2D eigenvalue weighted by Crippen LogP contribution is -2.48. The Balaban J connectivity index is 2.29. The third-order valence-corrected chi connectivity index (χ3v) is 2.43. The van der Waals surface area contributed by atoms with Gasteiger partial charge in [0.05, 0.1) is 5.56 Å². The lowest BCUT2D eigenvalue weighted by Gasteiger charge is -2.26. The van der Waals surface area contributed by atoms with Crippen molar-refractivity contribution < 1.29 is 14.7 Å². The number of rotatable bonds is 2. The SMILES string of the molecule is CN1[N]C(c2ccc(C(=O)O)cc2)=NN(C)C1=O. The smallest absolute Gasteiger partial charge is 0.360 e. The molecule has 18 heavy (non-hydrogen) atoms. The third kappa shape index (κ3) is 2.10. The molecule has 0 fully saturated rings. The van der Waals surface area contributed by atoms with Crippen LogP contribution in [-0.2, 0) is 0 Å². The van der Waals surface area contributed by atoms with Crippen LogP contribution in [0.2, 0.25) is 0 Å². The number of amides is 2. The van der Waals surface area contributed by atoms with Gasteiger partial charge in [0, 0.05) is 19.7 Å². The molecule has 0 saturated heterocycles. The Morgan fingerprint density at radius 2 is 1.78 bits per heavy atom. The number of hydrogen-bond donors (Lipinski definition) is 1. The average molecular weight is 247 g/mol. The Labute approximate surface area is 103 Å². The number of aromatic carboxylic acids is 1. The van der Waals surface area contributed by atoms with E-state index in [0.29, 0.717) is 11.4 Å². The molecule has 1 heterocycles. The van der Waals surface area contributed by atoms with Gasteiger partial charge in [-0.25, -0.2) is 19.6 Å². The van der Waals surface area contributed by atoms with E-state index < -0.39 is 5.97 Å². The van der Waals surface area contributed by atoms with Gasteiger partial charge in [0.25, 0.3) is 0 Å². The summed E-state index contributed by atoms with van der Waals surface area (Å²) in [5.74, 6) is -0.634. The molecule has 0 saturated carbocycles. The molecule has 7 heteroatoms. The zero-order chi connectivity index (χ0) is 13.3. The van der Waals surface area contributed by atoms with Crippen molar-refractivity contribution in [3.63, 3.8) is 0 Å². The van der Waals surface area contributed by atoms with Gasteiger partial charge in [-0.05, 0) is 12.1 Å². The number of urea groups is 1. The summed E-state index contributed by atoms with van der Waals surface area (Å²) in [5.41, 5.74) is 4.84. The van der Waals surface area contributed by atoms with Crippen molar-refractivity contribution in [2.45, 2.75) is 0 Å². The monoisotopic (exact) mass is 247 g/mol. The lowest BCUT2D eigenvalue weighted by atomic mass is 10.1. The Hall–Kier alpha value is -2.57. The summed E-state index contributed by atoms with van der Waals surface area (Å²) in [6.45, 7) is 0. The highest BCUT2D eigenvalue weighted by Crippen LogP contribution is 2.10. The molecule has 1 aliphatic heterocycles. The molecule has 0 atom stereocenters. The number of carbonyl (C=O) groups is 2. The van der Waals surface area contributed by atoms with Crippen LogP contribution in [-0.4, -0.2) is 47.1 Å². The summed E-state index contributed by atoms with van der Waals surface area (Å²) in [4.78, 5) is 22.1. The molecule has 2 rings (SSSR count). The number of hydrazone groups is 1. The molecule has 1 aromatic carbocycles. The van der Waals surface area contributed by atoms with E-state index in [2.05, 4.69) is 10.5 Å². The summed E-state index contributed by atoms with van der Waals surface area (Å²) in [7, 11) is 3.05. The minimum absolute atomic E-state index is 0.188. The van der Waals surface area contributed by atoms with Gasteiger partial charge in [-0.3, -0.25) is 0 Å². The molecule has 1 N–H and O–H groups in total. The van der Waals surface area contributed by atoms with E-state index >= 15 is 0 Å². The molecule has 0 unspecified atom stereocenters. The maximum Gasteiger partial charge on any atom is 0.360 e. The molecule has 0 bridgehead atoms. The van der Waals surface area contributed by atoms with Crippen LogP contribution in [0, 0.1) is 0 Å². The fraction of sp³-hybridized carbons (Fsp3) is 0.182. The number of carbonyl (C=O) groups excluding carboxylic acids is 1. The summed E-state index contributed by atoms with van der Waals surface area (Å²) < 4.78 is 0. The summed E-state index contributed by atoms with van der Waals surface area (Å²) in [6, 6.07) is 5.80. The molecule has 1 aliphatic rings. The van der Waals surface area contributed by atoms with E-state index in [1.165, 1.54) is 36.2 Å². The molecule has 1 aromatic rings. The second-order valence-electron chi connectivity index (χ2n) is 3.74. The van der Waals surface area contributed by atoms with Crippen molar-refractivity contribution in [3.8, 4) is 0 Å². The molecule has 93 valence electrons. The zero-order valence-corrected chi connectivity index (χ0v) is 9.86. The van der Waals surface area contributed by atoms with Gasteiger partial charge in [0.1, 0.15) is 0 Å². The van der Waals surface area contributed by atoms with Crippen LogP contribution in [0.15, 0.2) is 29.4 Å². The molecular weight excluding hydrogens is 236 g/mol. The lowest BCUT2D eigenvalue weighted by molar-refractivity contribution is 0.0697. The zero-order valence-electron chi connectivity index (χ0n) is 9.86. The number of benzene rings is 1. The third-order valence-electron chi connectivity index (χ3n) is 2.43. The standard InChI is InChI=1S/C11H11N4O3/c1-14-11(18)15(2)13-9(12-14)7-3-5-8(6-4-7)10(16)17/h3-6H,1-2H3,(H,16,17). The van der Waals surface area contributed by atoms with Gasteiger partial charge in [-0.2, -0.15) is 0 Å². The molecule has 0 spiro atoms. The summed E-state index contributed by atoms with van der Waals surface area (Å²) >= 11 is 0. The van der Waals surface area contributed by atoms with E-state index in [0.717, 1.165) is 0 Å². The van der Waals surface area contributed by atoms with Crippen LogP contribution in [0.3, 0.4) is 0 Å². The quantitative estimate of drug-likeness (QED) is 0.828. The van der Waals surface area contributed by atoms with Crippen LogP contribution >= 0.6 is 0 Å². The predicted molar refractivity (Wildman–Crippen MR) is 63.0 cm³/mol. The molecule has 0 aromatic heterocycles. The van der Waals surface area contributed by atoms with Crippen molar-refractivity contribution in [1.29, 1.82) is 0 Å². The molecule has 7 nitrogen and oxygen atoms in total. The first-order chi connectivity index (χ1) is 8.49. The van der Waals surface area contributed by atoms with E-state index in [4.69, 9.17) is 5.11 Å². The Kier molecular flexibility index (Phi) is 2.88. The number of carboxylic acid groups (broad SMARTS) is 1. The fourth-order valence-electron chi connectivity index (χ4n) is 1.48. The van der Waals surface area contributed by atoms with Gasteiger partial charge in [0.15, 0.2) is 5.84 Å². The number of hydrogen-bond acceptors (Lipinski definition) is 3. The van der Waals surface area contributed by atoms with Gasteiger partial charge in [-0.1, -0.05) is 12.1 Å². The first-order valence-electron chi connectivity index (χ1n) is 5.14. The maximum absolute atomic E-state index is 11.4. The fourth-order valence-corrected chi connectivity index (χ4v) is 1.48. The second kappa shape index (κ2) is 4.36. The van der Waals surface area contributed by atoms with E-state index in [1.54, 1.807) is 12.1 Å². The normalized spacial score (nSPS) is 15.2. The largest absolute Gasteiger partial charge is 0.478 e. The van der Waals surface area contributed by atoms with E-state index in [-0.39, 0.29) is 11.6 Å². The van der Waals surface area contributed by atoms with Crippen molar-refractivity contribution in [3.05, 3.63) is 35.4 Å². The van der Waals surface area contributed by atoms with Gasteiger partial charge in [0.2, 0.25) is 0 Å². The summed E-state index contributed by atoms with van der Waals surface area (Å²) in [5, 5.41) is 15.1. The summed E-state index contributed by atoms with van der Waals surface area (Å²) in [6.07, 6.45) is 0. The Bertz CT molecular complexity index is 524. The Morgan fingerprint density at radius 3 is 2.28 bits per heavy atom. The van der Waals surface area contributed by atoms with Crippen molar-refractivity contribution in [1.82, 2.24) is 15.4 Å². The minimum atomic E-state index is -0.992. The highest BCUT2D eigenvalue weighted by Gasteiger charge is 2.24. The number of carboxylic acids is 1. The van der Waals surface area contributed by atoms with Crippen LogP contribution in [0.1, 0.15) is 15.9 Å². The minimum Gasteiger partial charge on any atom is -0.478 e. The first kappa shape index (κ1) is 11.9. The van der Waals surface area contributed by atoms with Crippen molar-refractivity contribution in [2.75, 3.05) is 14.1 Å². The second-order valence-corrected chi connectivity index (χ2v) is 3.74. The number of nitrogens with zero attached hydrogens (tertiary/aromatic N) is 4. The van der Waals surface area contributed by atoms with Crippen molar-refractivity contribution in [2.24, 2.45) is 5.10 Å². The first-order valence-corrected chi connectivity index (χ1v) is 5.14. The Morgan fingerprint density at radius 1 is 1.17 bits per heavy atom. The van der Waals surface area contributed by atoms with Crippen LogP contribution in [0.25, 0.3) is 0 Å². The van der Waals surface area contributed by atoms with E-state index in [1.807, 2.05) is 0 Å². The van der Waals surface area contributed by atoms with E-state index in [9.17, 15) is 9.59 Å². The molecule has 1 radical (unpaired) electrons. The van der Waals surface area contributed by atoms with Gasteiger partial charge in [-0.15, -0.1) is 10.5 Å². The van der Waals surface area contributed by atoms with Crippen LogP contribution in [0.5, 0.6) is 0 Å². The average Bonchev–Trinajstić information content (AvgIpc) is 2.35. The highest BCUT2D eigenvalue weighted by molar-refractivity contribution is 6.01. The maximum atomic E-state index is 11.4. The molecule has 0 aliphatic carbocycles. The van der Waals surface area contributed by atoms with Crippen molar-refractivity contribution >= 4 is 17.8 Å². The van der Waals surface area contributed by atoms with Crippen LogP contribution < -0.4 is 5.43 Å². The number of amidine groups is 1. The van der Waals surface area contributed by atoms with Gasteiger partial charge < -0.3 is 5.11 Å².